The highest BCUT2D eigenvalue weighted by atomic mass is 32.2. The average Bonchev–Trinajstić information content (AvgIpc) is 3.13. The number of hydrogen-bond donors (Lipinski definition) is 1. The zero-order valence-electron chi connectivity index (χ0n) is 14.8. The molecule has 0 aromatic carbocycles. The molecule has 1 N–H and O–H groups in total. The fraction of sp³-hybridized carbons (Fsp3) is 0.562. The third-order valence-electron chi connectivity index (χ3n) is 4.66. The molecule has 1 aliphatic heterocycles. The normalized spacial score (nSPS) is 19.3. The molecule has 1 saturated heterocycles. The van der Waals surface area contributed by atoms with E-state index in [0.717, 1.165) is 11.3 Å². The van der Waals surface area contributed by atoms with E-state index in [1.807, 2.05) is 6.92 Å². The molecule has 0 bridgehead atoms. The van der Waals surface area contributed by atoms with Crippen molar-refractivity contribution in [2.75, 3.05) is 16.8 Å². The number of carbonyl (C=O) groups excluding carboxylic acids is 1. The lowest BCUT2D eigenvalue weighted by atomic mass is 10.1. The van der Waals surface area contributed by atoms with Crippen LogP contribution in [0.5, 0.6) is 0 Å². The highest BCUT2D eigenvalue weighted by Gasteiger charge is 2.31. The second kappa shape index (κ2) is 6.29. The number of nitrogens with one attached hydrogen (secondary N) is 1. The van der Waals surface area contributed by atoms with Crippen molar-refractivity contribution in [1.29, 1.82) is 0 Å². The molecule has 2 aromatic heterocycles. The standard InChI is InChI=1S/C16H22N4O4S/c1-9-14(12(4)24-19-9)7-15(21)17-16-10(2)18-20(11(16)3)13-5-6-25(22,23)8-13/h13H,5-8H2,1-4H3,(H,17,21). The molecule has 1 amide bonds. The lowest BCUT2D eigenvalue weighted by molar-refractivity contribution is -0.115. The van der Waals surface area contributed by atoms with Gasteiger partial charge in [0.25, 0.3) is 0 Å². The summed E-state index contributed by atoms with van der Waals surface area (Å²) in [7, 11) is -3.00. The van der Waals surface area contributed by atoms with E-state index in [-0.39, 0.29) is 29.9 Å². The van der Waals surface area contributed by atoms with Crippen LogP contribution in [0.2, 0.25) is 0 Å². The predicted octanol–water partition coefficient (Wildman–Crippen LogP) is 1.65. The van der Waals surface area contributed by atoms with Crippen LogP contribution in [0, 0.1) is 27.7 Å². The smallest absolute Gasteiger partial charge is 0.229 e. The lowest BCUT2D eigenvalue weighted by Crippen LogP contribution is -2.17. The molecule has 0 spiro atoms. The number of carbonyl (C=O) groups is 1. The summed E-state index contributed by atoms with van der Waals surface area (Å²) in [6.07, 6.45) is 0.722. The van der Waals surface area contributed by atoms with Crippen LogP contribution in [-0.2, 0) is 21.1 Å². The number of sulfone groups is 1. The molecule has 3 heterocycles. The topological polar surface area (TPSA) is 107 Å². The van der Waals surface area contributed by atoms with Gasteiger partial charge in [0.1, 0.15) is 5.76 Å². The van der Waals surface area contributed by atoms with E-state index in [9.17, 15) is 13.2 Å². The van der Waals surface area contributed by atoms with Gasteiger partial charge in [-0.1, -0.05) is 5.16 Å². The van der Waals surface area contributed by atoms with Crippen molar-refractivity contribution in [1.82, 2.24) is 14.9 Å². The van der Waals surface area contributed by atoms with Gasteiger partial charge in [0.05, 0.1) is 46.7 Å². The molecule has 136 valence electrons. The Bertz CT molecular complexity index is 907. The van der Waals surface area contributed by atoms with Gasteiger partial charge in [-0.15, -0.1) is 0 Å². The van der Waals surface area contributed by atoms with E-state index in [1.54, 1.807) is 25.5 Å². The second-order valence-corrected chi connectivity index (χ2v) is 8.80. The molecule has 1 aliphatic rings. The van der Waals surface area contributed by atoms with Crippen molar-refractivity contribution in [3.05, 3.63) is 28.4 Å². The van der Waals surface area contributed by atoms with Gasteiger partial charge in [-0.05, 0) is 34.1 Å². The first-order valence-corrected chi connectivity index (χ1v) is 9.98. The monoisotopic (exact) mass is 366 g/mol. The number of aromatic nitrogens is 3. The number of aryl methyl sites for hydroxylation is 3. The first-order valence-electron chi connectivity index (χ1n) is 8.15. The van der Waals surface area contributed by atoms with Gasteiger partial charge in [0.2, 0.25) is 5.91 Å². The maximum Gasteiger partial charge on any atom is 0.229 e. The summed E-state index contributed by atoms with van der Waals surface area (Å²) in [6, 6.07) is -0.170. The summed E-state index contributed by atoms with van der Waals surface area (Å²) in [5, 5.41) is 11.2. The zero-order valence-corrected chi connectivity index (χ0v) is 15.6. The van der Waals surface area contributed by atoms with Crippen LogP contribution in [0.4, 0.5) is 5.69 Å². The quantitative estimate of drug-likeness (QED) is 0.881. The van der Waals surface area contributed by atoms with Crippen molar-refractivity contribution in [2.24, 2.45) is 0 Å². The second-order valence-electron chi connectivity index (χ2n) is 6.57. The van der Waals surface area contributed by atoms with Crippen molar-refractivity contribution in [3.8, 4) is 0 Å². The molecular weight excluding hydrogens is 344 g/mol. The minimum absolute atomic E-state index is 0.0986. The molecule has 0 aliphatic carbocycles. The fourth-order valence-electron chi connectivity index (χ4n) is 3.27. The Kier molecular flexibility index (Phi) is 4.44. The molecule has 1 fully saturated rings. The number of hydrogen-bond acceptors (Lipinski definition) is 6. The van der Waals surface area contributed by atoms with Gasteiger partial charge in [-0.2, -0.15) is 5.10 Å². The molecule has 0 radical (unpaired) electrons. The number of amides is 1. The van der Waals surface area contributed by atoms with Gasteiger partial charge in [-0.25, -0.2) is 8.42 Å². The van der Waals surface area contributed by atoms with Crippen LogP contribution in [0.1, 0.15) is 40.9 Å². The van der Waals surface area contributed by atoms with Gasteiger partial charge in [0, 0.05) is 5.56 Å². The number of rotatable bonds is 4. The van der Waals surface area contributed by atoms with Crippen molar-refractivity contribution < 1.29 is 17.7 Å². The Morgan fingerprint density at radius 1 is 1.28 bits per heavy atom. The maximum absolute atomic E-state index is 12.4. The Morgan fingerprint density at radius 3 is 2.56 bits per heavy atom. The summed E-state index contributed by atoms with van der Waals surface area (Å²) in [5.41, 5.74) is 3.57. The van der Waals surface area contributed by atoms with Crippen LogP contribution in [-0.4, -0.2) is 40.8 Å². The molecule has 3 rings (SSSR count). The maximum atomic E-state index is 12.4. The lowest BCUT2D eigenvalue weighted by Gasteiger charge is -2.11. The van der Waals surface area contributed by atoms with Gasteiger partial charge in [-0.3, -0.25) is 9.48 Å². The number of nitrogens with zero attached hydrogens (tertiary/aromatic N) is 3. The molecule has 0 saturated carbocycles. The molecular formula is C16H22N4O4S. The summed E-state index contributed by atoms with van der Waals surface area (Å²) in [5.74, 6) is 0.734. The highest BCUT2D eigenvalue weighted by molar-refractivity contribution is 7.91. The summed E-state index contributed by atoms with van der Waals surface area (Å²) in [6.45, 7) is 7.22. The van der Waals surface area contributed by atoms with E-state index < -0.39 is 9.84 Å². The average molecular weight is 366 g/mol. The first kappa shape index (κ1) is 17.7. The van der Waals surface area contributed by atoms with E-state index in [4.69, 9.17) is 4.52 Å². The third kappa shape index (κ3) is 3.46. The van der Waals surface area contributed by atoms with Crippen molar-refractivity contribution in [2.45, 2.75) is 46.6 Å². The Labute approximate surface area is 146 Å². The van der Waals surface area contributed by atoms with Crippen LogP contribution >= 0.6 is 0 Å². The van der Waals surface area contributed by atoms with E-state index in [2.05, 4.69) is 15.6 Å². The van der Waals surface area contributed by atoms with E-state index >= 15 is 0 Å². The van der Waals surface area contributed by atoms with Crippen molar-refractivity contribution in [3.63, 3.8) is 0 Å². The summed E-state index contributed by atoms with van der Waals surface area (Å²) < 4.78 is 30.2. The Hall–Kier alpha value is -2.16. The molecule has 1 atom stereocenters. The Morgan fingerprint density at radius 2 is 2.00 bits per heavy atom. The summed E-state index contributed by atoms with van der Waals surface area (Å²) >= 11 is 0. The first-order chi connectivity index (χ1) is 11.7. The Balaban J connectivity index is 1.78. The van der Waals surface area contributed by atoms with Crippen molar-refractivity contribution >= 4 is 21.4 Å². The predicted molar refractivity (Wildman–Crippen MR) is 92.3 cm³/mol. The SMILES string of the molecule is Cc1noc(C)c1CC(=O)Nc1c(C)nn(C2CCS(=O)(=O)C2)c1C. The van der Waals surface area contributed by atoms with Crippen LogP contribution < -0.4 is 5.32 Å². The molecule has 8 nitrogen and oxygen atoms in total. The largest absolute Gasteiger partial charge is 0.361 e. The third-order valence-corrected chi connectivity index (χ3v) is 6.41. The van der Waals surface area contributed by atoms with E-state index in [1.165, 1.54) is 0 Å². The van der Waals surface area contributed by atoms with Crippen LogP contribution in [0.3, 0.4) is 0 Å². The van der Waals surface area contributed by atoms with Gasteiger partial charge < -0.3 is 9.84 Å². The zero-order chi connectivity index (χ0) is 18.4. The minimum Gasteiger partial charge on any atom is -0.361 e. The highest BCUT2D eigenvalue weighted by Crippen LogP contribution is 2.29. The van der Waals surface area contributed by atoms with Gasteiger partial charge in [0.15, 0.2) is 9.84 Å². The fourth-order valence-corrected chi connectivity index (χ4v) is 4.96. The minimum atomic E-state index is -3.00. The molecule has 2 aromatic rings. The molecule has 25 heavy (non-hydrogen) atoms. The van der Waals surface area contributed by atoms with E-state index in [0.29, 0.717) is 29.3 Å². The molecule has 1 unspecified atom stereocenters. The van der Waals surface area contributed by atoms with Crippen LogP contribution in [0.25, 0.3) is 0 Å². The molecule has 9 heteroatoms. The van der Waals surface area contributed by atoms with Crippen LogP contribution in [0.15, 0.2) is 4.52 Å². The number of anilines is 1. The van der Waals surface area contributed by atoms with Gasteiger partial charge >= 0.3 is 0 Å². The summed E-state index contributed by atoms with van der Waals surface area (Å²) in [4.78, 5) is 12.4.